The predicted molar refractivity (Wildman–Crippen MR) is 127 cm³/mol. The van der Waals surface area contributed by atoms with Crippen LogP contribution in [0.1, 0.15) is 34.3 Å². The van der Waals surface area contributed by atoms with E-state index in [0.29, 0.717) is 22.7 Å². The maximum Gasteiger partial charge on any atom is 0.252 e. The van der Waals surface area contributed by atoms with Gasteiger partial charge >= 0.3 is 0 Å². The average molecular weight is 453 g/mol. The van der Waals surface area contributed by atoms with E-state index in [1.807, 2.05) is 61.5 Å². The van der Waals surface area contributed by atoms with E-state index in [2.05, 4.69) is 10.6 Å². The lowest BCUT2D eigenvalue weighted by molar-refractivity contribution is -0.118. The molecule has 170 valence electrons. The van der Waals surface area contributed by atoms with Gasteiger partial charge in [0.2, 0.25) is 12.7 Å². The number of benzene rings is 3. The van der Waals surface area contributed by atoms with Gasteiger partial charge in [-0.2, -0.15) is 5.26 Å². The van der Waals surface area contributed by atoms with Gasteiger partial charge in [-0.15, -0.1) is 0 Å². The second-order valence-electron chi connectivity index (χ2n) is 8.55. The van der Waals surface area contributed by atoms with Gasteiger partial charge in [0.05, 0.1) is 11.5 Å². The van der Waals surface area contributed by atoms with Crippen LogP contribution in [0.5, 0.6) is 11.5 Å². The van der Waals surface area contributed by atoms with Crippen molar-refractivity contribution >= 4 is 17.5 Å². The number of aryl methyl sites for hydroxylation is 1. The molecule has 1 aliphatic carbocycles. The van der Waals surface area contributed by atoms with Crippen LogP contribution in [0.3, 0.4) is 0 Å². The maximum absolute atomic E-state index is 13.3. The van der Waals surface area contributed by atoms with Gasteiger partial charge in [0.1, 0.15) is 6.54 Å². The van der Waals surface area contributed by atoms with Gasteiger partial charge in [-0.25, -0.2) is 0 Å². The Hall–Kier alpha value is -4.31. The number of hydrogen-bond acceptors (Lipinski definition) is 5. The first-order chi connectivity index (χ1) is 16.5. The van der Waals surface area contributed by atoms with Crippen LogP contribution in [0.15, 0.2) is 60.7 Å². The largest absolute Gasteiger partial charge is 0.454 e. The molecule has 0 spiro atoms. The van der Waals surface area contributed by atoms with Crippen LogP contribution >= 0.6 is 0 Å². The molecule has 5 rings (SSSR count). The molecule has 0 bridgehead atoms. The minimum atomic E-state index is -0.551. The Labute approximate surface area is 197 Å². The average Bonchev–Trinajstić information content (AvgIpc) is 3.54. The molecule has 1 saturated carbocycles. The normalized spacial score (nSPS) is 14.7. The van der Waals surface area contributed by atoms with E-state index in [-0.39, 0.29) is 25.2 Å². The fourth-order valence-electron chi connectivity index (χ4n) is 4.25. The van der Waals surface area contributed by atoms with Crippen LogP contribution in [0.25, 0.3) is 11.1 Å². The van der Waals surface area contributed by atoms with Gasteiger partial charge in [0.25, 0.3) is 5.91 Å². The summed E-state index contributed by atoms with van der Waals surface area (Å²) in [5.74, 6) is 1.06. The summed E-state index contributed by atoms with van der Waals surface area (Å²) in [5.41, 5.74) is 4.54. The fraction of sp³-hybridized carbons (Fsp3) is 0.222. The van der Waals surface area contributed by atoms with E-state index in [4.69, 9.17) is 14.7 Å². The quantitative estimate of drug-likeness (QED) is 0.542. The Balaban J connectivity index is 1.35. The summed E-state index contributed by atoms with van der Waals surface area (Å²) >= 11 is 0. The molecule has 0 unspecified atom stereocenters. The monoisotopic (exact) mass is 453 g/mol. The van der Waals surface area contributed by atoms with E-state index in [9.17, 15) is 9.59 Å². The summed E-state index contributed by atoms with van der Waals surface area (Å²) in [7, 11) is 0. The van der Waals surface area contributed by atoms with Crippen molar-refractivity contribution in [3.63, 3.8) is 0 Å². The van der Waals surface area contributed by atoms with E-state index < -0.39 is 5.41 Å². The lowest BCUT2D eigenvalue weighted by Gasteiger charge is -2.17. The summed E-state index contributed by atoms with van der Waals surface area (Å²) in [6.07, 6.45) is 1.57. The number of carbonyl (C=O) groups is 2. The summed E-state index contributed by atoms with van der Waals surface area (Å²) < 4.78 is 10.9. The van der Waals surface area contributed by atoms with Gasteiger partial charge in [-0.3, -0.25) is 9.59 Å². The van der Waals surface area contributed by atoms with Crippen molar-refractivity contribution in [2.45, 2.75) is 25.2 Å². The Morgan fingerprint density at radius 3 is 2.50 bits per heavy atom. The van der Waals surface area contributed by atoms with Gasteiger partial charge in [0.15, 0.2) is 11.5 Å². The predicted octanol–water partition coefficient (Wildman–Crippen LogP) is 4.31. The van der Waals surface area contributed by atoms with Crippen molar-refractivity contribution < 1.29 is 19.1 Å². The number of rotatable bonds is 6. The van der Waals surface area contributed by atoms with Gasteiger partial charge in [-0.05, 0) is 78.4 Å². The fourth-order valence-corrected chi connectivity index (χ4v) is 4.25. The first-order valence-corrected chi connectivity index (χ1v) is 11.1. The number of anilines is 1. The Morgan fingerprint density at radius 1 is 1.00 bits per heavy atom. The van der Waals surface area contributed by atoms with Crippen LogP contribution in [-0.4, -0.2) is 25.2 Å². The molecular weight excluding hydrogens is 430 g/mol. The van der Waals surface area contributed by atoms with Crippen molar-refractivity contribution in [2.75, 3.05) is 18.7 Å². The van der Waals surface area contributed by atoms with E-state index in [0.717, 1.165) is 35.1 Å². The van der Waals surface area contributed by atoms with Crippen molar-refractivity contribution in [3.05, 3.63) is 77.4 Å². The van der Waals surface area contributed by atoms with Crippen LogP contribution in [0, 0.1) is 18.3 Å². The number of fused-ring (bicyclic) bond motifs is 1. The molecule has 3 aromatic carbocycles. The lowest BCUT2D eigenvalue weighted by atomic mass is 9.94. The zero-order valence-corrected chi connectivity index (χ0v) is 18.7. The van der Waals surface area contributed by atoms with E-state index in [1.165, 1.54) is 0 Å². The van der Waals surface area contributed by atoms with Crippen LogP contribution in [-0.2, 0) is 10.2 Å². The lowest BCUT2D eigenvalue weighted by Crippen LogP contribution is -2.27. The molecule has 0 radical (unpaired) electrons. The Kier molecular flexibility index (Phi) is 5.42. The minimum Gasteiger partial charge on any atom is -0.454 e. The zero-order chi connectivity index (χ0) is 23.7. The molecule has 0 saturated heterocycles. The van der Waals surface area contributed by atoms with Crippen molar-refractivity contribution in [3.8, 4) is 28.7 Å². The Bertz CT molecular complexity index is 1320. The molecule has 2 amide bonds. The molecule has 7 heteroatoms. The molecule has 2 aliphatic rings. The number of amides is 2. The molecule has 1 fully saturated rings. The molecular formula is C27H23N3O4. The molecule has 0 atom stereocenters. The van der Waals surface area contributed by atoms with Gasteiger partial charge in [-0.1, -0.05) is 24.3 Å². The number of nitrogens with one attached hydrogen (secondary N) is 2. The third-order valence-electron chi connectivity index (χ3n) is 6.39. The van der Waals surface area contributed by atoms with Gasteiger partial charge < -0.3 is 20.1 Å². The SMILES string of the molecule is Cc1ccc(NC(=O)C2(c3ccc4c(c3)OCO4)CC2)cc1-c1ccc(C(=O)NCC#N)cc1. The molecule has 34 heavy (non-hydrogen) atoms. The van der Waals surface area contributed by atoms with Crippen LogP contribution < -0.4 is 20.1 Å². The third-order valence-corrected chi connectivity index (χ3v) is 6.39. The molecule has 7 nitrogen and oxygen atoms in total. The van der Waals surface area contributed by atoms with Crippen molar-refractivity contribution in [1.82, 2.24) is 5.32 Å². The summed E-state index contributed by atoms with van der Waals surface area (Å²) in [6.45, 7) is 2.17. The van der Waals surface area contributed by atoms with Gasteiger partial charge in [0, 0.05) is 11.3 Å². The van der Waals surface area contributed by atoms with E-state index >= 15 is 0 Å². The molecule has 1 heterocycles. The highest BCUT2D eigenvalue weighted by molar-refractivity contribution is 6.02. The summed E-state index contributed by atoms with van der Waals surface area (Å²) in [6, 6.07) is 20.6. The number of nitriles is 1. The number of carbonyl (C=O) groups excluding carboxylic acids is 2. The molecule has 1 aliphatic heterocycles. The molecule has 0 aromatic heterocycles. The number of nitrogens with zero attached hydrogens (tertiary/aromatic N) is 1. The second kappa shape index (κ2) is 8.56. The van der Waals surface area contributed by atoms with Crippen LogP contribution in [0.4, 0.5) is 5.69 Å². The minimum absolute atomic E-state index is 0.0326. The summed E-state index contributed by atoms with van der Waals surface area (Å²) in [5, 5.41) is 14.3. The third kappa shape index (κ3) is 3.95. The number of hydrogen-bond donors (Lipinski definition) is 2. The first kappa shape index (κ1) is 21.5. The van der Waals surface area contributed by atoms with Crippen molar-refractivity contribution in [2.24, 2.45) is 0 Å². The summed E-state index contributed by atoms with van der Waals surface area (Å²) in [4.78, 5) is 25.3. The highest BCUT2D eigenvalue weighted by Gasteiger charge is 2.51. The first-order valence-electron chi connectivity index (χ1n) is 11.1. The Morgan fingerprint density at radius 2 is 1.76 bits per heavy atom. The molecule has 2 N–H and O–H groups in total. The number of ether oxygens (including phenoxy) is 2. The molecule has 3 aromatic rings. The maximum atomic E-state index is 13.3. The smallest absolute Gasteiger partial charge is 0.252 e. The highest BCUT2D eigenvalue weighted by atomic mass is 16.7. The van der Waals surface area contributed by atoms with Crippen molar-refractivity contribution in [1.29, 1.82) is 5.26 Å². The van der Waals surface area contributed by atoms with E-state index in [1.54, 1.807) is 12.1 Å². The topological polar surface area (TPSA) is 100 Å². The van der Waals surface area contributed by atoms with Crippen LogP contribution in [0.2, 0.25) is 0 Å². The second-order valence-corrected chi connectivity index (χ2v) is 8.55. The standard InChI is InChI=1S/C27H23N3O4/c1-17-2-8-21(15-22(17)18-3-5-19(6-4-18)25(31)29-13-12-28)30-26(32)27(10-11-27)20-7-9-23-24(14-20)34-16-33-23/h2-9,14-15H,10-11,13,16H2,1H3,(H,29,31)(H,30,32). The zero-order valence-electron chi connectivity index (χ0n) is 18.7. The highest BCUT2D eigenvalue weighted by Crippen LogP contribution is 2.51.